The van der Waals surface area contributed by atoms with E-state index in [4.69, 9.17) is 0 Å². The molecule has 2 aliphatic rings. The third-order valence-corrected chi connectivity index (χ3v) is 4.85. The number of Topliss-reactive ketones (excluding diaryl/α,β-unsaturated/α-hetero) is 1. The minimum absolute atomic E-state index is 0.0912. The molecule has 0 N–H and O–H groups in total. The lowest BCUT2D eigenvalue weighted by atomic mass is 10.1. The summed E-state index contributed by atoms with van der Waals surface area (Å²) in [7, 11) is 0. The second kappa shape index (κ2) is 6.14. The Balaban J connectivity index is 1.65. The zero-order chi connectivity index (χ0) is 14.8. The fourth-order valence-electron chi connectivity index (χ4n) is 3.58. The van der Waals surface area contributed by atoms with E-state index in [1.165, 1.54) is 38.7 Å². The Bertz CT molecular complexity index is 518. The SMILES string of the molecule is CC(=O)c1ccc(N2CCN(C3CCCC3)CC2)c(F)c1. The topological polar surface area (TPSA) is 23.6 Å². The first-order valence-corrected chi connectivity index (χ1v) is 7.94. The van der Waals surface area contributed by atoms with Gasteiger partial charge in [0.25, 0.3) is 0 Å². The van der Waals surface area contributed by atoms with E-state index < -0.39 is 0 Å². The summed E-state index contributed by atoms with van der Waals surface area (Å²) in [6, 6.07) is 5.58. The van der Waals surface area contributed by atoms with Crippen LogP contribution in [0.1, 0.15) is 43.0 Å². The largest absolute Gasteiger partial charge is 0.367 e. The van der Waals surface area contributed by atoms with Crippen molar-refractivity contribution in [3.8, 4) is 0 Å². The molecule has 1 saturated heterocycles. The second-order valence-corrected chi connectivity index (χ2v) is 6.18. The van der Waals surface area contributed by atoms with Gasteiger partial charge in [-0.05, 0) is 38.0 Å². The van der Waals surface area contributed by atoms with Crippen molar-refractivity contribution in [2.45, 2.75) is 38.6 Å². The molecule has 21 heavy (non-hydrogen) atoms. The number of carbonyl (C=O) groups excluding carboxylic acids is 1. The average molecular weight is 290 g/mol. The molecular formula is C17H23FN2O. The van der Waals surface area contributed by atoms with E-state index in [0.717, 1.165) is 32.2 Å². The van der Waals surface area contributed by atoms with Crippen LogP contribution in [0.15, 0.2) is 18.2 Å². The van der Waals surface area contributed by atoms with Crippen LogP contribution in [0.4, 0.5) is 10.1 Å². The van der Waals surface area contributed by atoms with Gasteiger partial charge in [0.2, 0.25) is 0 Å². The van der Waals surface area contributed by atoms with Crippen molar-refractivity contribution >= 4 is 11.5 Å². The second-order valence-electron chi connectivity index (χ2n) is 6.18. The molecule has 4 heteroatoms. The summed E-state index contributed by atoms with van der Waals surface area (Å²) in [6.07, 6.45) is 5.35. The van der Waals surface area contributed by atoms with Gasteiger partial charge < -0.3 is 4.90 Å². The number of hydrogen-bond donors (Lipinski definition) is 0. The first-order valence-electron chi connectivity index (χ1n) is 7.94. The van der Waals surface area contributed by atoms with Crippen LogP contribution in [-0.2, 0) is 0 Å². The molecule has 0 bridgehead atoms. The summed E-state index contributed by atoms with van der Waals surface area (Å²) in [6.45, 7) is 5.23. The standard InChI is InChI=1S/C17H23FN2O/c1-13(21)14-6-7-17(16(18)12-14)20-10-8-19(9-11-20)15-4-2-3-5-15/h6-7,12,15H,2-5,8-11H2,1H3. The number of hydrogen-bond acceptors (Lipinski definition) is 3. The molecule has 1 aliphatic carbocycles. The fourth-order valence-corrected chi connectivity index (χ4v) is 3.58. The predicted molar refractivity (Wildman–Crippen MR) is 82.4 cm³/mol. The third kappa shape index (κ3) is 3.10. The minimum atomic E-state index is -0.281. The number of halogens is 1. The van der Waals surface area contributed by atoms with Gasteiger partial charge >= 0.3 is 0 Å². The first kappa shape index (κ1) is 14.5. The van der Waals surface area contributed by atoms with Crippen molar-refractivity contribution in [3.63, 3.8) is 0 Å². The lowest BCUT2D eigenvalue weighted by Crippen LogP contribution is -2.50. The van der Waals surface area contributed by atoms with Gasteiger partial charge in [0.05, 0.1) is 5.69 Å². The smallest absolute Gasteiger partial charge is 0.159 e. The molecule has 0 aromatic heterocycles. The number of carbonyl (C=O) groups is 1. The Kier molecular flexibility index (Phi) is 4.24. The van der Waals surface area contributed by atoms with Crippen molar-refractivity contribution < 1.29 is 9.18 Å². The van der Waals surface area contributed by atoms with Gasteiger partial charge in [-0.15, -0.1) is 0 Å². The molecule has 0 radical (unpaired) electrons. The highest BCUT2D eigenvalue weighted by atomic mass is 19.1. The Morgan fingerprint density at radius 1 is 1.14 bits per heavy atom. The number of benzene rings is 1. The van der Waals surface area contributed by atoms with Gasteiger partial charge in [0, 0.05) is 37.8 Å². The number of rotatable bonds is 3. The van der Waals surface area contributed by atoms with Crippen LogP contribution in [-0.4, -0.2) is 42.9 Å². The third-order valence-electron chi connectivity index (χ3n) is 4.85. The maximum atomic E-state index is 14.2. The maximum Gasteiger partial charge on any atom is 0.159 e. The highest BCUT2D eigenvalue weighted by Crippen LogP contribution is 2.27. The summed E-state index contributed by atoms with van der Waals surface area (Å²) in [4.78, 5) is 16.0. The molecule has 1 aromatic carbocycles. The number of nitrogens with zero attached hydrogens (tertiary/aromatic N) is 2. The van der Waals surface area contributed by atoms with E-state index in [-0.39, 0.29) is 11.6 Å². The van der Waals surface area contributed by atoms with Crippen LogP contribution in [0.2, 0.25) is 0 Å². The van der Waals surface area contributed by atoms with Gasteiger partial charge in [0.15, 0.2) is 5.78 Å². The average Bonchev–Trinajstić information content (AvgIpc) is 3.01. The van der Waals surface area contributed by atoms with Gasteiger partial charge in [-0.25, -0.2) is 4.39 Å². The van der Waals surface area contributed by atoms with E-state index in [0.29, 0.717) is 11.3 Å². The van der Waals surface area contributed by atoms with Gasteiger partial charge in [-0.1, -0.05) is 12.8 Å². The zero-order valence-corrected chi connectivity index (χ0v) is 12.6. The van der Waals surface area contributed by atoms with Crippen molar-refractivity contribution in [2.24, 2.45) is 0 Å². The van der Waals surface area contributed by atoms with E-state index in [1.54, 1.807) is 12.1 Å². The molecule has 2 fully saturated rings. The number of piperazine rings is 1. The summed E-state index contributed by atoms with van der Waals surface area (Å²) >= 11 is 0. The number of ketones is 1. The minimum Gasteiger partial charge on any atom is -0.367 e. The lowest BCUT2D eigenvalue weighted by Gasteiger charge is -2.39. The van der Waals surface area contributed by atoms with Crippen LogP contribution in [0.5, 0.6) is 0 Å². The Morgan fingerprint density at radius 2 is 1.81 bits per heavy atom. The zero-order valence-electron chi connectivity index (χ0n) is 12.6. The normalized spacial score (nSPS) is 21.0. The quantitative estimate of drug-likeness (QED) is 0.799. The molecule has 1 aliphatic heterocycles. The van der Waals surface area contributed by atoms with Gasteiger partial charge in [-0.3, -0.25) is 9.69 Å². The molecule has 0 unspecified atom stereocenters. The molecule has 3 nitrogen and oxygen atoms in total. The Morgan fingerprint density at radius 3 is 2.38 bits per heavy atom. The molecule has 0 amide bonds. The molecule has 3 rings (SSSR count). The summed E-state index contributed by atoms with van der Waals surface area (Å²) in [5.74, 6) is -0.372. The van der Waals surface area contributed by atoms with Crippen molar-refractivity contribution in [1.29, 1.82) is 0 Å². The van der Waals surface area contributed by atoms with E-state index >= 15 is 0 Å². The molecular weight excluding hydrogens is 267 g/mol. The molecule has 114 valence electrons. The molecule has 1 saturated carbocycles. The van der Waals surface area contributed by atoms with Crippen LogP contribution < -0.4 is 4.90 Å². The monoisotopic (exact) mass is 290 g/mol. The van der Waals surface area contributed by atoms with Crippen molar-refractivity contribution in [2.75, 3.05) is 31.1 Å². The lowest BCUT2D eigenvalue weighted by molar-refractivity contribution is 0.101. The van der Waals surface area contributed by atoms with Gasteiger partial charge in [0.1, 0.15) is 5.82 Å². The van der Waals surface area contributed by atoms with Crippen LogP contribution in [0, 0.1) is 5.82 Å². The fraction of sp³-hybridized carbons (Fsp3) is 0.588. The van der Waals surface area contributed by atoms with Crippen molar-refractivity contribution in [3.05, 3.63) is 29.6 Å². The number of anilines is 1. The maximum absolute atomic E-state index is 14.2. The summed E-state index contributed by atoms with van der Waals surface area (Å²) in [5.41, 5.74) is 1.08. The molecule has 1 heterocycles. The highest BCUT2D eigenvalue weighted by molar-refractivity contribution is 5.94. The van der Waals surface area contributed by atoms with Crippen molar-refractivity contribution in [1.82, 2.24) is 4.90 Å². The summed E-state index contributed by atoms with van der Waals surface area (Å²) < 4.78 is 14.2. The van der Waals surface area contributed by atoms with E-state index in [2.05, 4.69) is 9.80 Å². The van der Waals surface area contributed by atoms with Crippen LogP contribution >= 0.6 is 0 Å². The molecule has 0 spiro atoms. The molecule has 0 atom stereocenters. The highest BCUT2D eigenvalue weighted by Gasteiger charge is 2.27. The van der Waals surface area contributed by atoms with Gasteiger partial charge in [-0.2, -0.15) is 0 Å². The molecule has 1 aromatic rings. The Labute approximate surface area is 125 Å². The predicted octanol–water partition coefficient (Wildman–Crippen LogP) is 3.09. The first-order chi connectivity index (χ1) is 10.1. The van der Waals surface area contributed by atoms with E-state index in [1.807, 2.05) is 0 Å². The van der Waals surface area contributed by atoms with Crippen LogP contribution in [0.3, 0.4) is 0 Å². The Hall–Kier alpha value is -1.42. The van der Waals surface area contributed by atoms with E-state index in [9.17, 15) is 9.18 Å². The van der Waals surface area contributed by atoms with Crippen LogP contribution in [0.25, 0.3) is 0 Å². The summed E-state index contributed by atoms with van der Waals surface area (Å²) in [5, 5.41) is 0.